The Balaban J connectivity index is 2.10. The van der Waals surface area contributed by atoms with Crippen LogP contribution in [0.3, 0.4) is 0 Å². The molecule has 3 heteroatoms. The molecule has 0 aromatic heterocycles. The lowest BCUT2D eigenvalue weighted by Crippen LogP contribution is -2.27. The van der Waals surface area contributed by atoms with Crippen molar-refractivity contribution < 1.29 is 4.79 Å². The number of carbonyl (C=O) groups excluding carboxylic acids is 1. The van der Waals surface area contributed by atoms with Gasteiger partial charge in [-0.05, 0) is 29.9 Å². The molecule has 2 aromatic rings. The molecular weight excluding hydrogens is 278 g/mol. The van der Waals surface area contributed by atoms with Crippen LogP contribution in [0.1, 0.15) is 41.4 Å². The lowest BCUT2D eigenvalue weighted by molar-refractivity contribution is 0.0939. The summed E-state index contributed by atoms with van der Waals surface area (Å²) in [5.41, 5.74) is 3.00. The van der Waals surface area contributed by atoms with E-state index in [-0.39, 0.29) is 11.9 Å². The molecule has 0 fully saturated rings. The Kier molecular flexibility index (Phi) is 5.88. The first-order valence-corrected chi connectivity index (χ1v) is 8.39. The fourth-order valence-corrected chi connectivity index (χ4v) is 2.85. The number of rotatable bonds is 6. The second kappa shape index (κ2) is 7.89. The van der Waals surface area contributed by atoms with Crippen molar-refractivity contribution in [3.63, 3.8) is 0 Å². The highest BCUT2D eigenvalue weighted by Gasteiger charge is 2.14. The van der Waals surface area contributed by atoms with Crippen LogP contribution in [0.2, 0.25) is 0 Å². The summed E-state index contributed by atoms with van der Waals surface area (Å²) in [6.07, 6.45) is 0. The molecule has 0 aliphatic rings. The van der Waals surface area contributed by atoms with Gasteiger partial charge in [0.15, 0.2) is 0 Å². The zero-order chi connectivity index (χ0) is 15.1. The molecule has 1 N–H and O–H groups in total. The Labute approximate surface area is 131 Å². The third kappa shape index (κ3) is 4.36. The molecular formula is C18H21NOS. The molecule has 0 aliphatic heterocycles. The zero-order valence-corrected chi connectivity index (χ0v) is 13.3. The molecule has 0 saturated heterocycles. The lowest BCUT2D eigenvalue weighted by atomic mass is 10.1. The van der Waals surface area contributed by atoms with Gasteiger partial charge in [0, 0.05) is 11.3 Å². The maximum absolute atomic E-state index is 12.5. The second-order valence-electron chi connectivity index (χ2n) is 4.90. The monoisotopic (exact) mass is 299 g/mol. The molecule has 21 heavy (non-hydrogen) atoms. The predicted molar refractivity (Wildman–Crippen MR) is 90.6 cm³/mol. The van der Waals surface area contributed by atoms with Gasteiger partial charge < -0.3 is 5.32 Å². The van der Waals surface area contributed by atoms with Gasteiger partial charge in [-0.3, -0.25) is 4.79 Å². The summed E-state index contributed by atoms with van der Waals surface area (Å²) in [4.78, 5) is 12.5. The Hall–Kier alpha value is -1.74. The van der Waals surface area contributed by atoms with Crippen LogP contribution in [0.5, 0.6) is 0 Å². The molecule has 0 spiro atoms. The summed E-state index contributed by atoms with van der Waals surface area (Å²) in [7, 11) is 0. The van der Waals surface area contributed by atoms with Gasteiger partial charge in [-0.1, -0.05) is 55.5 Å². The van der Waals surface area contributed by atoms with Crippen LogP contribution in [0.4, 0.5) is 0 Å². The third-order valence-corrected chi connectivity index (χ3v) is 4.29. The van der Waals surface area contributed by atoms with E-state index in [0.717, 1.165) is 28.2 Å². The Bertz CT molecular complexity index is 583. The number of hydrogen-bond donors (Lipinski definition) is 1. The van der Waals surface area contributed by atoms with E-state index in [0.29, 0.717) is 0 Å². The summed E-state index contributed by atoms with van der Waals surface area (Å²) in [5.74, 6) is 1.93. The molecule has 0 radical (unpaired) electrons. The van der Waals surface area contributed by atoms with Gasteiger partial charge >= 0.3 is 0 Å². The summed E-state index contributed by atoms with van der Waals surface area (Å²) in [6, 6.07) is 17.9. The van der Waals surface area contributed by atoms with Gasteiger partial charge in [-0.25, -0.2) is 0 Å². The molecule has 2 nitrogen and oxygen atoms in total. The highest BCUT2D eigenvalue weighted by Crippen LogP contribution is 2.18. The fraction of sp³-hybridized carbons (Fsp3) is 0.278. The molecule has 110 valence electrons. The predicted octanol–water partition coefficient (Wildman–Crippen LogP) is 4.43. The highest BCUT2D eigenvalue weighted by molar-refractivity contribution is 7.98. The molecule has 1 atom stereocenters. The minimum Gasteiger partial charge on any atom is -0.346 e. The van der Waals surface area contributed by atoms with Crippen molar-refractivity contribution in [2.75, 3.05) is 5.75 Å². The maximum Gasteiger partial charge on any atom is 0.252 e. The Morgan fingerprint density at radius 3 is 2.48 bits per heavy atom. The second-order valence-corrected chi connectivity index (χ2v) is 6.17. The van der Waals surface area contributed by atoms with Gasteiger partial charge in [0.05, 0.1) is 6.04 Å². The van der Waals surface area contributed by atoms with Crippen LogP contribution in [-0.2, 0) is 5.75 Å². The highest BCUT2D eigenvalue weighted by atomic mass is 32.2. The van der Waals surface area contributed by atoms with Crippen LogP contribution in [0.25, 0.3) is 0 Å². The first-order chi connectivity index (χ1) is 10.2. The molecule has 0 unspecified atom stereocenters. The number of amides is 1. The average molecular weight is 299 g/mol. The van der Waals surface area contributed by atoms with E-state index in [2.05, 4.69) is 12.2 Å². The van der Waals surface area contributed by atoms with E-state index < -0.39 is 0 Å². The number of nitrogens with one attached hydrogen (secondary N) is 1. The van der Waals surface area contributed by atoms with Gasteiger partial charge in [-0.15, -0.1) is 0 Å². The van der Waals surface area contributed by atoms with E-state index >= 15 is 0 Å². The van der Waals surface area contributed by atoms with E-state index in [1.54, 1.807) is 0 Å². The Morgan fingerprint density at radius 1 is 1.10 bits per heavy atom. The van der Waals surface area contributed by atoms with Crippen molar-refractivity contribution >= 4 is 17.7 Å². The van der Waals surface area contributed by atoms with Gasteiger partial charge in [0.25, 0.3) is 5.91 Å². The van der Waals surface area contributed by atoms with Crippen LogP contribution < -0.4 is 5.32 Å². The van der Waals surface area contributed by atoms with Crippen molar-refractivity contribution in [1.82, 2.24) is 5.32 Å². The first-order valence-electron chi connectivity index (χ1n) is 7.23. The van der Waals surface area contributed by atoms with E-state index in [9.17, 15) is 4.79 Å². The van der Waals surface area contributed by atoms with Crippen LogP contribution in [0, 0.1) is 0 Å². The molecule has 0 heterocycles. The zero-order valence-electron chi connectivity index (χ0n) is 12.5. The average Bonchev–Trinajstić information content (AvgIpc) is 2.54. The van der Waals surface area contributed by atoms with Crippen molar-refractivity contribution in [2.24, 2.45) is 0 Å². The van der Waals surface area contributed by atoms with Crippen molar-refractivity contribution in [2.45, 2.75) is 25.6 Å². The number of thioether (sulfide) groups is 1. The number of carbonyl (C=O) groups is 1. The van der Waals surface area contributed by atoms with E-state index in [1.807, 2.05) is 73.3 Å². The fourth-order valence-electron chi connectivity index (χ4n) is 2.18. The summed E-state index contributed by atoms with van der Waals surface area (Å²) in [5, 5.41) is 3.08. The molecule has 0 bridgehead atoms. The molecule has 0 aliphatic carbocycles. The van der Waals surface area contributed by atoms with Gasteiger partial charge in [0.1, 0.15) is 0 Å². The number of benzene rings is 2. The van der Waals surface area contributed by atoms with Crippen LogP contribution in [-0.4, -0.2) is 11.7 Å². The molecule has 1 amide bonds. The van der Waals surface area contributed by atoms with Gasteiger partial charge in [0.2, 0.25) is 0 Å². The summed E-state index contributed by atoms with van der Waals surface area (Å²) < 4.78 is 0. The largest absolute Gasteiger partial charge is 0.346 e. The topological polar surface area (TPSA) is 29.1 Å². The minimum atomic E-state index is -0.00124. The molecule has 0 saturated carbocycles. The SMILES string of the molecule is CCSCc1ccccc1C(=O)N[C@H](C)c1ccccc1. The Morgan fingerprint density at radius 2 is 1.76 bits per heavy atom. The van der Waals surface area contributed by atoms with Crippen LogP contribution >= 0.6 is 11.8 Å². The lowest BCUT2D eigenvalue weighted by Gasteiger charge is -2.16. The quantitative estimate of drug-likeness (QED) is 0.855. The minimum absolute atomic E-state index is 0.00124. The molecule has 2 aromatic carbocycles. The van der Waals surface area contributed by atoms with Gasteiger partial charge in [-0.2, -0.15) is 11.8 Å². The van der Waals surface area contributed by atoms with E-state index in [1.165, 1.54) is 0 Å². The summed E-state index contributed by atoms with van der Waals surface area (Å²) in [6.45, 7) is 4.14. The third-order valence-electron chi connectivity index (χ3n) is 3.37. The number of hydrogen-bond acceptors (Lipinski definition) is 2. The van der Waals surface area contributed by atoms with Crippen molar-refractivity contribution in [1.29, 1.82) is 0 Å². The van der Waals surface area contributed by atoms with Crippen molar-refractivity contribution in [3.8, 4) is 0 Å². The standard InChI is InChI=1S/C18H21NOS/c1-3-21-13-16-11-7-8-12-17(16)18(20)19-14(2)15-9-5-4-6-10-15/h4-12,14H,3,13H2,1-2H3,(H,19,20)/t14-/m1/s1. The maximum atomic E-state index is 12.5. The van der Waals surface area contributed by atoms with E-state index in [4.69, 9.17) is 0 Å². The first kappa shape index (κ1) is 15.6. The van der Waals surface area contributed by atoms with Crippen LogP contribution in [0.15, 0.2) is 54.6 Å². The summed E-state index contributed by atoms with van der Waals surface area (Å²) >= 11 is 1.83. The normalized spacial score (nSPS) is 11.9. The molecule has 2 rings (SSSR count). The smallest absolute Gasteiger partial charge is 0.252 e. The van der Waals surface area contributed by atoms with Crippen molar-refractivity contribution in [3.05, 3.63) is 71.3 Å².